The van der Waals surface area contributed by atoms with Crippen molar-refractivity contribution < 1.29 is 9.53 Å². The van der Waals surface area contributed by atoms with Crippen LogP contribution in [0.4, 0.5) is 0 Å². The number of nitrogens with zero attached hydrogens (tertiary/aromatic N) is 2. The van der Waals surface area contributed by atoms with Gasteiger partial charge >= 0.3 is 0 Å². The lowest BCUT2D eigenvalue weighted by Crippen LogP contribution is -2.74. The Morgan fingerprint density at radius 3 is 2.71 bits per heavy atom. The molecule has 4 rings (SSSR count). The van der Waals surface area contributed by atoms with Gasteiger partial charge in [0.15, 0.2) is 0 Å². The molecule has 3 atom stereocenters. The minimum atomic E-state index is -0.593. The number of Topliss-reactive ketones (excluding diaryl/α,β-unsaturated/α-hetero) is 1. The highest BCUT2D eigenvalue weighted by molar-refractivity contribution is 5.95. The molecule has 4 nitrogen and oxygen atoms in total. The first-order valence-electron chi connectivity index (χ1n) is 8.59. The molecule has 0 amide bonds. The first kappa shape index (κ1) is 15.6. The summed E-state index contributed by atoms with van der Waals surface area (Å²) in [6.45, 7) is 6.59. The molecule has 0 bridgehead atoms. The number of nitriles is 1. The van der Waals surface area contributed by atoms with Gasteiger partial charge in [-0.1, -0.05) is 30.3 Å². The second kappa shape index (κ2) is 5.27. The average Bonchev–Trinajstić information content (AvgIpc) is 2.60. The van der Waals surface area contributed by atoms with Crippen molar-refractivity contribution >= 4 is 11.4 Å². The highest BCUT2D eigenvalue weighted by Crippen LogP contribution is 2.62. The summed E-state index contributed by atoms with van der Waals surface area (Å²) in [4.78, 5) is 15.0. The highest BCUT2D eigenvalue weighted by Gasteiger charge is 2.69. The summed E-state index contributed by atoms with van der Waals surface area (Å²) in [5.74, 6) is 0.0864. The van der Waals surface area contributed by atoms with Crippen LogP contribution in [0.2, 0.25) is 0 Å². The third-order valence-corrected chi connectivity index (χ3v) is 6.24. The molecule has 3 aliphatic rings. The van der Waals surface area contributed by atoms with Crippen LogP contribution in [-0.2, 0) is 14.9 Å². The number of rotatable bonds is 2. The number of morpholine rings is 1. The first-order chi connectivity index (χ1) is 11.6. The van der Waals surface area contributed by atoms with E-state index in [1.807, 2.05) is 12.1 Å². The summed E-state index contributed by atoms with van der Waals surface area (Å²) in [6.07, 6.45) is 2.75. The van der Waals surface area contributed by atoms with Gasteiger partial charge in [0.1, 0.15) is 11.3 Å². The lowest BCUT2D eigenvalue weighted by molar-refractivity contribution is -0.142. The minimum absolute atomic E-state index is 0.0829. The van der Waals surface area contributed by atoms with Crippen LogP contribution in [0.25, 0.3) is 5.57 Å². The standard InChI is InChI=1S/C20H22N2O2/c1-14-11-18-19(13-21,22-7-9-24-10-8-22)12-20(18,15(2)23)17-6-4-3-5-16(14)17/h3-6,11,18H,7-10,12H2,1-2H3/t18-,19+,20-/m0/s1. The van der Waals surface area contributed by atoms with E-state index in [2.05, 4.69) is 36.1 Å². The second-order valence-electron chi connectivity index (χ2n) is 7.21. The molecule has 0 unspecified atom stereocenters. The number of ketones is 1. The zero-order valence-electron chi connectivity index (χ0n) is 14.2. The SMILES string of the molecule is CC(=O)[C@]12C[C@](C#N)(N3CCOCC3)[C@@H]1C=C(C)c1ccccc12. The van der Waals surface area contributed by atoms with Crippen LogP contribution in [0.1, 0.15) is 31.4 Å². The molecule has 1 aromatic rings. The van der Waals surface area contributed by atoms with Crippen LogP contribution in [-0.4, -0.2) is 42.5 Å². The largest absolute Gasteiger partial charge is 0.379 e. The van der Waals surface area contributed by atoms with Crippen molar-refractivity contribution in [3.63, 3.8) is 0 Å². The summed E-state index contributed by atoms with van der Waals surface area (Å²) < 4.78 is 5.46. The maximum Gasteiger partial charge on any atom is 0.141 e. The van der Waals surface area contributed by atoms with E-state index in [0.29, 0.717) is 19.6 Å². The Morgan fingerprint density at radius 1 is 1.33 bits per heavy atom. The molecule has 0 radical (unpaired) electrons. The van der Waals surface area contributed by atoms with Crippen LogP contribution in [0.3, 0.4) is 0 Å². The van der Waals surface area contributed by atoms with Gasteiger partial charge in [0.2, 0.25) is 0 Å². The molecule has 4 heteroatoms. The number of hydrogen-bond donors (Lipinski definition) is 0. The molecule has 1 saturated carbocycles. The fraction of sp³-hybridized carbons (Fsp3) is 0.500. The van der Waals surface area contributed by atoms with E-state index >= 15 is 0 Å². The number of benzene rings is 1. The molecule has 1 saturated heterocycles. The average molecular weight is 322 g/mol. The fourth-order valence-corrected chi connectivity index (χ4v) is 5.00. The Kier molecular flexibility index (Phi) is 3.42. The van der Waals surface area contributed by atoms with Crippen molar-refractivity contribution in [1.29, 1.82) is 5.26 Å². The summed E-state index contributed by atoms with van der Waals surface area (Å²) in [6, 6.07) is 10.8. The van der Waals surface area contributed by atoms with E-state index < -0.39 is 11.0 Å². The van der Waals surface area contributed by atoms with Crippen molar-refractivity contribution in [2.24, 2.45) is 5.92 Å². The fourth-order valence-electron chi connectivity index (χ4n) is 5.00. The van der Waals surface area contributed by atoms with E-state index in [4.69, 9.17) is 4.74 Å². The van der Waals surface area contributed by atoms with Gasteiger partial charge in [-0.3, -0.25) is 9.69 Å². The van der Waals surface area contributed by atoms with Crippen LogP contribution in [0.15, 0.2) is 30.3 Å². The van der Waals surface area contributed by atoms with Crippen LogP contribution in [0.5, 0.6) is 0 Å². The van der Waals surface area contributed by atoms with Gasteiger partial charge in [-0.15, -0.1) is 0 Å². The molecule has 1 aromatic carbocycles. The third-order valence-electron chi connectivity index (χ3n) is 6.24. The molecule has 1 heterocycles. The second-order valence-corrected chi connectivity index (χ2v) is 7.21. The predicted octanol–water partition coefficient (Wildman–Crippen LogP) is 2.54. The number of carbonyl (C=O) groups excluding carboxylic acids is 1. The van der Waals surface area contributed by atoms with Crippen LogP contribution >= 0.6 is 0 Å². The minimum Gasteiger partial charge on any atom is -0.379 e. The Labute approximate surface area is 142 Å². The van der Waals surface area contributed by atoms with Crippen LogP contribution < -0.4 is 0 Å². The summed E-state index contributed by atoms with van der Waals surface area (Å²) in [7, 11) is 0. The first-order valence-corrected chi connectivity index (χ1v) is 8.59. The maximum atomic E-state index is 12.8. The van der Waals surface area contributed by atoms with Crippen molar-refractivity contribution in [3.8, 4) is 6.07 Å². The molecule has 2 fully saturated rings. The van der Waals surface area contributed by atoms with Gasteiger partial charge in [0.05, 0.1) is 24.7 Å². The number of allylic oxidation sites excluding steroid dienone is 1. The van der Waals surface area contributed by atoms with Crippen molar-refractivity contribution in [2.45, 2.75) is 31.2 Å². The normalized spacial score (nSPS) is 35.0. The third kappa shape index (κ3) is 1.77. The molecule has 0 spiro atoms. The number of hydrogen-bond acceptors (Lipinski definition) is 4. The molecule has 0 N–H and O–H groups in total. The lowest BCUT2D eigenvalue weighted by Gasteiger charge is -2.63. The summed E-state index contributed by atoms with van der Waals surface area (Å²) in [5, 5.41) is 10.1. The smallest absolute Gasteiger partial charge is 0.141 e. The van der Waals surface area contributed by atoms with E-state index in [0.717, 1.165) is 24.2 Å². The van der Waals surface area contributed by atoms with E-state index in [1.165, 1.54) is 5.57 Å². The van der Waals surface area contributed by atoms with Crippen molar-refractivity contribution in [3.05, 3.63) is 41.5 Å². The molecule has 124 valence electrons. The summed E-state index contributed by atoms with van der Waals surface area (Å²) >= 11 is 0. The quantitative estimate of drug-likeness (QED) is 0.840. The predicted molar refractivity (Wildman–Crippen MR) is 91.3 cm³/mol. The van der Waals surface area contributed by atoms with Crippen molar-refractivity contribution in [2.75, 3.05) is 26.3 Å². The molecule has 1 aliphatic heterocycles. The van der Waals surface area contributed by atoms with E-state index in [9.17, 15) is 10.1 Å². The molecular weight excluding hydrogens is 300 g/mol. The molecule has 0 aromatic heterocycles. The molecule has 24 heavy (non-hydrogen) atoms. The Bertz CT molecular complexity index is 772. The zero-order chi connectivity index (χ0) is 16.9. The number of ether oxygens (including phenoxy) is 1. The van der Waals surface area contributed by atoms with Gasteiger partial charge in [-0.2, -0.15) is 5.26 Å². The van der Waals surface area contributed by atoms with E-state index in [-0.39, 0.29) is 11.7 Å². The van der Waals surface area contributed by atoms with Gasteiger partial charge < -0.3 is 4.74 Å². The van der Waals surface area contributed by atoms with Gasteiger partial charge in [0.25, 0.3) is 0 Å². The van der Waals surface area contributed by atoms with Gasteiger partial charge in [0, 0.05) is 19.0 Å². The lowest BCUT2D eigenvalue weighted by atomic mass is 9.43. The van der Waals surface area contributed by atoms with Crippen molar-refractivity contribution in [1.82, 2.24) is 4.90 Å². The highest BCUT2D eigenvalue weighted by atomic mass is 16.5. The Balaban J connectivity index is 1.85. The molecule has 2 aliphatic carbocycles. The Hall–Kier alpha value is -1.96. The van der Waals surface area contributed by atoms with E-state index in [1.54, 1.807) is 6.92 Å². The zero-order valence-corrected chi connectivity index (χ0v) is 14.2. The monoisotopic (exact) mass is 322 g/mol. The number of carbonyl (C=O) groups is 1. The maximum absolute atomic E-state index is 12.8. The summed E-state index contributed by atoms with van der Waals surface area (Å²) in [5.41, 5.74) is 2.27. The van der Waals surface area contributed by atoms with Crippen LogP contribution in [0, 0.1) is 17.2 Å². The van der Waals surface area contributed by atoms with Gasteiger partial charge in [-0.05, 0) is 37.0 Å². The Morgan fingerprint density at radius 2 is 2.04 bits per heavy atom. The number of fused-ring (bicyclic) bond motifs is 3. The van der Waals surface area contributed by atoms with Gasteiger partial charge in [-0.25, -0.2) is 0 Å². The topological polar surface area (TPSA) is 53.3 Å². The molecular formula is C20H22N2O2.